The van der Waals surface area contributed by atoms with E-state index in [0.29, 0.717) is 11.3 Å². The van der Waals surface area contributed by atoms with Gasteiger partial charge in [0.1, 0.15) is 5.75 Å². The first-order valence-electron chi connectivity index (χ1n) is 8.52. The van der Waals surface area contributed by atoms with Crippen LogP contribution in [0, 0.1) is 0 Å². The molecule has 6 heteroatoms. The molecular formula is C21H19N3O3. The van der Waals surface area contributed by atoms with Crippen LogP contribution in [0.2, 0.25) is 0 Å². The molecule has 0 aliphatic rings. The largest absolute Gasteiger partial charge is 0.507 e. The highest BCUT2D eigenvalue weighted by Gasteiger charge is 2.13. The van der Waals surface area contributed by atoms with Crippen LogP contribution < -0.4 is 10.7 Å². The second-order valence-corrected chi connectivity index (χ2v) is 5.92. The van der Waals surface area contributed by atoms with E-state index in [1.54, 1.807) is 24.3 Å². The van der Waals surface area contributed by atoms with Crippen molar-refractivity contribution in [1.29, 1.82) is 0 Å². The molecule has 0 aliphatic heterocycles. The number of aryl methyl sites for hydroxylation is 1. The van der Waals surface area contributed by atoms with Crippen LogP contribution in [0.4, 0.5) is 5.69 Å². The van der Waals surface area contributed by atoms with Gasteiger partial charge >= 0.3 is 11.8 Å². The Morgan fingerprint density at radius 2 is 1.74 bits per heavy atom. The zero-order chi connectivity index (χ0) is 19.2. The molecule has 0 unspecified atom stereocenters. The van der Waals surface area contributed by atoms with Gasteiger partial charge in [-0.2, -0.15) is 5.10 Å². The van der Waals surface area contributed by atoms with Crippen molar-refractivity contribution in [3.8, 4) is 5.75 Å². The highest BCUT2D eigenvalue weighted by Crippen LogP contribution is 2.25. The number of hydrazone groups is 1. The number of aromatic hydroxyl groups is 1. The van der Waals surface area contributed by atoms with E-state index in [2.05, 4.69) is 15.8 Å². The van der Waals surface area contributed by atoms with E-state index >= 15 is 0 Å². The number of anilines is 1. The third-order valence-corrected chi connectivity index (χ3v) is 4.13. The minimum Gasteiger partial charge on any atom is -0.507 e. The first-order chi connectivity index (χ1) is 13.1. The van der Waals surface area contributed by atoms with Crippen LogP contribution in [-0.4, -0.2) is 23.1 Å². The molecule has 0 saturated heterocycles. The van der Waals surface area contributed by atoms with Crippen molar-refractivity contribution >= 4 is 34.5 Å². The molecule has 3 aromatic rings. The van der Waals surface area contributed by atoms with E-state index in [0.717, 1.165) is 22.8 Å². The van der Waals surface area contributed by atoms with E-state index in [-0.39, 0.29) is 5.75 Å². The number of carbonyl (C=O) groups excluding carboxylic acids is 2. The Morgan fingerprint density at radius 3 is 2.48 bits per heavy atom. The van der Waals surface area contributed by atoms with Crippen LogP contribution in [0.15, 0.2) is 65.8 Å². The van der Waals surface area contributed by atoms with E-state index in [1.807, 2.05) is 43.3 Å². The minimum absolute atomic E-state index is 0.0344. The van der Waals surface area contributed by atoms with Crippen molar-refractivity contribution in [2.75, 3.05) is 5.32 Å². The standard InChI is InChI=1S/C21H19N3O3/c1-2-14-7-10-16(11-8-14)23-20(26)21(27)24-22-13-18-17-6-4-3-5-15(17)9-12-19(18)25/h3-13,25H,2H2,1H3,(H,23,26)(H,24,27)/b22-13-. The quantitative estimate of drug-likeness (QED) is 0.379. The Kier molecular flexibility index (Phi) is 5.47. The summed E-state index contributed by atoms with van der Waals surface area (Å²) in [6.45, 7) is 2.03. The molecule has 3 aromatic carbocycles. The van der Waals surface area contributed by atoms with Gasteiger partial charge in [-0.25, -0.2) is 5.43 Å². The summed E-state index contributed by atoms with van der Waals surface area (Å²) in [6, 6.07) is 18.1. The van der Waals surface area contributed by atoms with Gasteiger partial charge in [-0.1, -0.05) is 49.4 Å². The average Bonchev–Trinajstić information content (AvgIpc) is 2.70. The molecule has 2 amide bonds. The summed E-state index contributed by atoms with van der Waals surface area (Å²) in [5.41, 5.74) is 4.30. The van der Waals surface area contributed by atoms with Crippen molar-refractivity contribution in [2.24, 2.45) is 5.10 Å². The summed E-state index contributed by atoms with van der Waals surface area (Å²) in [4.78, 5) is 23.9. The lowest BCUT2D eigenvalue weighted by Gasteiger charge is -2.06. The van der Waals surface area contributed by atoms with Gasteiger partial charge in [0.15, 0.2) is 0 Å². The Labute approximate surface area is 156 Å². The number of phenolic OH excluding ortho intramolecular Hbond substituents is 1. The number of nitrogens with zero attached hydrogens (tertiary/aromatic N) is 1. The van der Waals surface area contributed by atoms with Gasteiger partial charge in [-0.3, -0.25) is 9.59 Å². The molecule has 0 aliphatic carbocycles. The number of rotatable bonds is 4. The maximum atomic E-state index is 11.9. The fourth-order valence-corrected chi connectivity index (χ4v) is 2.64. The number of carbonyl (C=O) groups is 2. The van der Waals surface area contributed by atoms with Crippen LogP contribution in [0.3, 0.4) is 0 Å². The number of hydrogen-bond acceptors (Lipinski definition) is 4. The Balaban J connectivity index is 1.66. The number of nitrogens with one attached hydrogen (secondary N) is 2. The molecule has 3 rings (SSSR count). The first-order valence-corrected chi connectivity index (χ1v) is 8.52. The minimum atomic E-state index is -0.898. The molecule has 0 radical (unpaired) electrons. The topological polar surface area (TPSA) is 90.8 Å². The SMILES string of the molecule is CCc1ccc(NC(=O)C(=O)N/N=C\c2c(O)ccc3ccccc23)cc1. The predicted octanol–water partition coefficient (Wildman–Crippen LogP) is 3.20. The molecule has 0 heterocycles. The fraction of sp³-hybridized carbons (Fsp3) is 0.0952. The number of fused-ring (bicyclic) bond motifs is 1. The third kappa shape index (κ3) is 4.30. The van der Waals surface area contributed by atoms with Crippen LogP contribution >= 0.6 is 0 Å². The van der Waals surface area contributed by atoms with Gasteiger partial charge in [-0.05, 0) is 41.0 Å². The molecule has 0 saturated carbocycles. The van der Waals surface area contributed by atoms with E-state index in [4.69, 9.17) is 0 Å². The summed E-state index contributed by atoms with van der Waals surface area (Å²) in [5.74, 6) is -1.68. The monoisotopic (exact) mass is 361 g/mol. The molecule has 136 valence electrons. The summed E-state index contributed by atoms with van der Waals surface area (Å²) in [5, 5.41) is 18.1. The van der Waals surface area contributed by atoms with Crippen LogP contribution in [-0.2, 0) is 16.0 Å². The van der Waals surface area contributed by atoms with E-state index < -0.39 is 11.8 Å². The molecule has 0 bridgehead atoms. The Morgan fingerprint density at radius 1 is 1.00 bits per heavy atom. The molecular weight excluding hydrogens is 342 g/mol. The molecule has 0 aromatic heterocycles. The fourth-order valence-electron chi connectivity index (χ4n) is 2.64. The van der Waals surface area contributed by atoms with E-state index in [9.17, 15) is 14.7 Å². The van der Waals surface area contributed by atoms with Crippen LogP contribution in [0.1, 0.15) is 18.1 Å². The molecule has 6 nitrogen and oxygen atoms in total. The molecule has 0 fully saturated rings. The highest BCUT2D eigenvalue weighted by atomic mass is 16.3. The number of amides is 2. The van der Waals surface area contributed by atoms with Gasteiger partial charge in [0, 0.05) is 11.3 Å². The Bertz CT molecular complexity index is 1010. The molecule has 0 atom stereocenters. The maximum absolute atomic E-state index is 11.9. The summed E-state index contributed by atoms with van der Waals surface area (Å²) < 4.78 is 0. The van der Waals surface area contributed by atoms with Gasteiger partial charge in [0.05, 0.1) is 6.21 Å². The molecule has 0 spiro atoms. The van der Waals surface area contributed by atoms with Crippen molar-refractivity contribution < 1.29 is 14.7 Å². The third-order valence-electron chi connectivity index (χ3n) is 4.13. The zero-order valence-electron chi connectivity index (χ0n) is 14.8. The predicted molar refractivity (Wildman–Crippen MR) is 106 cm³/mol. The van der Waals surface area contributed by atoms with Gasteiger partial charge in [0.25, 0.3) is 0 Å². The second kappa shape index (κ2) is 8.14. The highest BCUT2D eigenvalue weighted by molar-refractivity contribution is 6.39. The number of phenols is 1. The lowest BCUT2D eigenvalue weighted by atomic mass is 10.0. The average molecular weight is 361 g/mol. The zero-order valence-corrected chi connectivity index (χ0v) is 14.8. The van der Waals surface area contributed by atoms with Gasteiger partial charge in [-0.15, -0.1) is 0 Å². The summed E-state index contributed by atoms with van der Waals surface area (Å²) in [7, 11) is 0. The smallest absolute Gasteiger partial charge is 0.329 e. The Hall–Kier alpha value is -3.67. The summed E-state index contributed by atoms with van der Waals surface area (Å²) in [6.07, 6.45) is 2.21. The van der Waals surface area contributed by atoms with Gasteiger partial charge in [0.2, 0.25) is 0 Å². The summed E-state index contributed by atoms with van der Waals surface area (Å²) >= 11 is 0. The van der Waals surface area contributed by atoms with Crippen LogP contribution in [0.25, 0.3) is 10.8 Å². The van der Waals surface area contributed by atoms with Crippen molar-refractivity contribution in [1.82, 2.24) is 5.43 Å². The number of hydrogen-bond donors (Lipinski definition) is 3. The van der Waals surface area contributed by atoms with Crippen LogP contribution in [0.5, 0.6) is 5.75 Å². The first kappa shape index (κ1) is 18.1. The molecule has 3 N–H and O–H groups in total. The normalized spacial score (nSPS) is 10.9. The second-order valence-electron chi connectivity index (χ2n) is 5.92. The van der Waals surface area contributed by atoms with Gasteiger partial charge < -0.3 is 10.4 Å². The van der Waals surface area contributed by atoms with Crippen molar-refractivity contribution in [3.63, 3.8) is 0 Å². The lowest BCUT2D eigenvalue weighted by molar-refractivity contribution is -0.136. The van der Waals surface area contributed by atoms with Crippen molar-refractivity contribution in [2.45, 2.75) is 13.3 Å². The lowest BCUT2D eigenvalue weighted by Crippen LogP contribution is -2.32. The van der Waals surface area contributed by atoms with E-state index in [1.165, 1.54) is 6.21 Å². The number of benzene rings is 3. The molecule has 27 heavy (non-hydrogen) atoms. The maximum Gasteiger partial charge on any atom is 0.329 e. The van der Waals surface area contributed by atoms with Crippen molar-refractivity contribution in [3.05, 3.63) is 71.8 Å².